The zero-order valence-corrected chi connectivity index (χ0v) is 8.43. The van der Waals surface area contributed by atoms with Gasteiger partial charge < -0.3 is 15.8 Å². The third-order valence-corrected chi connectivity index (χ3v) is 1.85. The Morgan fingerprint density at radius 2 is 2.29 bits per heavy atom. The standard InChI is InChI=1S/C9H10N2O2S/c1-13-7-4-2-3-6(5-7)11-9(14)8(10)12/h2-5H,1H3,(H2,10,12)(H,11,14). The van der Waals surface area contributed by atoms with Crippen molar-refractivity contribution in [1.82, 2.24) is 0 Å². The van der Waals surface area contributed by atoms with Crippen LogP contribution in [-0.4, -0.2) is 18.0 Å². The van der Waals surface area contributed by atoms with Crippen molar-refractivity contribution in [2.75, 3.05) is 12.4 Å². The molecule has 4 nitrogen and oxygen atoms in total. The first-order valence-corrected chi connectivity index (χ1v) is 4.29. The molecule has 1 amide bonds. The summed E-state index contributed by atoms with van der Waals surface area (Å²) in [5, 5.41) is 2.69. The predicted molar refractivity (Wildman–Crippen MR) is 58.4 cm³/mol. The first kappa shape index (κ1) is 10.5. The van der Waals surface area contributed by atoms with E-state index in [0.29, 0.717) is 11.4 Å². The van der Waals surface area contributed by atoms with E-state index >= 15 is 0 Å². The zero-order chi connectivity index (χ0) is 10.6. The number of carbonyl (C=O) groups excluding carboxylic acids is 1. The first-order valence-electron chi connectivity index (χ1n) is 3.88. The number of anilines is 1. The maximum atomic E-state index is 10.6. The summed E-state index contributed by atoms with van der Waals surface area (Å²) >= 11 is 4.71. The second-order valence-electron chi connectivity index (χ2n) is 2.55. The summed E-state index contributed by atoms with van der Waals surface area (Å²) in [5.74, 6) is 0.0325. The monoisotopic (exact) mass is 210 g/mol. The summed E-state index contributed by atoms with van der Waals surface area (Å²) in [6, 6.07) is 7.05. The van der Waals surface area contributed by atoms with Crippen LogP contribution in [0.15, 0.2) is 24.3 Å². The second-order valence-corrected chi connectivity index (χ2v) is 2.96. The van der Waals surface area contributed by atoms with Crippen LogP contribution in [0.2, 0.25) is 0 Å². The van der Waals surface area contributed by atoms with Gasteiger partial charge in [0.2, 0.25) is 0 Å². The summed E-state index contributed by atoms with van der Waals surface area (Å²) in [6.45, 7) is 0. The van der Waals surface area contributed by atoms with Gasteiger partial charge in [0.05, 0.1) is 7.11 Å². The lowest BCUT2D eigenvalue weighted by Crippen LogP contribution is -2.27. The lowest BCUT2D eigenvalue weighted by atomic mass is 10.3. The Balaban J connectivity index is 2.76. The lowest BCUT2D eigenvalue weighted by Gasteiger charge is -2.06. The van der Waals surface area contributed by atoms with Crippen LogP contribution in [-0.2, 0) is 4.79 Å². The lowest BCUT2D eigenvalue weighted by molar-refractivity contribution is -0.111. The molecule has 3 N–H and O–H groups in total. The number of nitrogens with one attached hydrogen (secondary N) is 1. The number of hydrogen-bond donors (Lipinski definition) is 2. The number of methoxy groups -OCH3 is 1. The Bertz CT molecular complexity index is 366. The summed E-state index contributed by atoms with van der Waals surface area (Å²) in [5.41, 5.74) is 5.65. The van der Waals surface area contributed by atoms with E-state index in [4.69, 9.17) is 22.7 Å². The van der Waals surface area contributed by atoms with E-state index in [2.05, 4.69) is 5.32 Å². The quantitative estimate of drug-likeness (QED) is 0.712. The molecule has 0 fully saturated rings. The van der Waals surface area contributed by atoms with Gasteiger partial charge in [-0.3, -0.25) is 4.79 Å². The van der Waals surface area contributed by atoms with Gasteiger partial charge in [-0.05, 0) is 12.1 Å². The fraction of sp³-hybridized carbons (Fsp3) is 0.111. The Hall–Kier alpha value is -1.62. The molecule has 1 rings (SSSR count). The highest BCUT2D eigenvalue weighted by Crippen LogP contribution is 2.16. The van der Waals surface area contributed by atoms with Gasteiger partial charge in [-0.2, -0.15) is 0 Å². The van der Waals surface area contributed by atoms with Crippen LogP contribution in [0.3, 0.4) is 0 Å². The van der Waals surface area contributed by atoms with Crippen LogP contribution in [0.5, 0.6) is 5.75 Å². The highest BCUT2D eigenvalue weighted by atomic mass is 32.1. The van der Waals surface area contributed by atoms with E-state index in [0.717, 1.165) is 0 Å². The first-order chi connectivity index (χ1) is 6.63. The minimum Gasteiger partial charge on any atom is -0.497 e. The van der Waals surface area contributed by atoms with Crippen molar-refractivity contribution in [3.05, 3.63) is 24.3 Å². The zero-order valence-electron chi connectivity index (χ0n) is 7.61. The smallest absolute Gasteiger partial charge is 0.276 e. The minimum absolute atomic E-state index is 0.0155. The predicted octanol–water partition coefficient (Wildman–Crippen LogP) is 0.920. The Kier molecular flexibility index (Phi) is 3.41. The number of ether oxygens (including phenoxy) is 1. The van der Waals surface area contributed by atoms with Crippen molar-refractivity contribution in [1.29, 1.82) is 0 Å². The number of rotatable bonds is 2. The van der Waals surface area contributed by atoms with Crippen molar-refractivity contribution in [3.8, 4) is 5.75 Å². The number of primary amides is 1. The van der Waals surface area contributed by atoms with Crippen LogP contribution in [0, 0.1) is 0 Å². The number of benzene rings is 1. The normalized spacial score (nSPS) is 9.21. The molecule has 0 aliphatic carbocycles. The van der Waals surface area contributed by atoms with Crippen molar-refractivity contribution in [2.24, 2.45) is 5.73 Å². The summed E-state index contributed by atoms with van der Waals surface area (Å²) in [7, 11) is 1.56. The SMILES string of the molecule is COc1cccc(NC(=S)C(N)=O)c1. The average molecular weight is 210 g/mol. The number of nitrogens with two attached hydrogens (primary N) is 1. The summed E-state index contributed by atoms with van der Waals surface area (Å²) < 4.78 is 5.00. The molecule has 74 valence electrons. The van der Waals surface area contributed by atoms with Gasteiger partial charge >= 0.3 is 0 Å². The van der Waals surface area contributed by atoms with Gasteiger partial charge in [-0.25, -0.2) is 0 Å². The molecule has 5 heteroatoms. The largest absolute Gasteiger partial charge is 0.497 e. The van der Waals surface area contributed by atoms with Crippen LogP contribution >= 0.6 is 12.2 Å². The van der Waals surface area contributed by atoms with Crippen molar-refractivity contribution >= 4 is 28.8 Å². The molecule has 1 aromatic carbocycles. The minimum atomic E-state index is -0.650. The molecular weight excluding hydrogens is 200 g/mol. The molecular formula is C9H10N2O2S. The third kappa shape index (κ3) is 2.70. The summed E-state index contributed by atoms with van der Waals surface area (Å²) in [6.07, 6.45) is 0. The van der Waals surface area contributed by atoms with Gasteiger partial charge in [0.15, 0.2) is 4.99 Å². The second kappa shape index (κ2) is 4.57. The number of thiocarbonyl (C=S) groups is 1. The van der Waals surface area contributed by atoms with Crippen molar-refractivity contribution in [2.45, 2.75) is 0 Å². The van der Waals surface area contributed by atoms with Gasteiger partial charge in [-0.1, -0.05) is 18.3 Å². The van der Waals surface area contributed by atoms with E-state index in [1.807, 2.05) is 0 Å². The van der Waals surface area contributed by atoms with Crippen molar-refractivity contribution in [3.63, 3.8) is 0 Å². The van der Waals surface area contributed by atoms with Crippen molar-refractivity contribution < 1.29 is 9.53 Å². The van der Waals surface area contributed by atoms with Crippen LogP contribution in [0.1, 0.15) is 0 Å². The molecule has 0 aliphatic rings. The topological polar surface area (TPSA) is 64.3 Å². The van der Waals surface area contributed by atoms with E-state index in [-0.39, 0.29) is 4.99 Å². The van der Waals surface area contributed by atoms with E-state index < -0.39 is 5.91 Å². The average Bonchev–Trinajstić information content (AvgIpc) is 2.18. The molecule has 0 spiro atoms. The van der Waals surface area contributed by atoms with Crippen LogP contribution in [0.4, 0.5) is 5.69 Å². The number of hydrogen-bond acceptors (Lipinski definition) is 3. The fourth-order valence-corrected chi connectivity index (χ4v) is 1.01. The highest BCUT2D eigenvalue weighted by Gasteiger charge is 2.03. The molecule has 1 aromatic rings. The molecule has 0 atom stereocenters. The van der Waals surface area contributed by atoms with Crippen LogP contribution < -0.4 is 15.8 Å². The maximum absolute atomic E-state index is 10.6. The van der Waals surface area contributed by atoms with Gasteiger partial charge in [0, 0.05) is 11.8 Å². The van der Waals surface area contributed by atoms with E-state index in [9.17, 15) is 4.79 Å². The molecule has 0 radical (unpaired) electrons. The Morgan fingerprint density at radius 1 is 1.57 bits per heavy atom. The molecule has 0 heterocycles. The van der Waals surface area contributed by atoms with Crippen LogP contribution in [0.25, 0.3) is 0 Å². The van der Waals surface area contributed by atoms with E-state index in [1.165, 1.54) is 0 Å². The fourth-order valence-electron chi connectivity index (χ4n) is 0.894. The number of carbonyl (C=O) groups is 1. The third-order valence-electron chi connectivity index (χ3n) is 1.55. The molecule has 0 saturated carbocycles. The maximum Gasteiger partial charge on any atom is 0.276 e. The molecule has 14 heavy (non-hydrogen) atoms. The molecule has 0 aliphatic heterocycles. The molecule has 0 saturated heterocycles. The Morgan fingerprint density at radius 3 is 2.86 bits per heavy atom. The molecule has 0 aromatic heterocycles. The number of amides is 1. The summed E-state index contributed by atoms with van der Waals surface area (Å²) in [4.78, 5) is 10.6. The van der Waals surface area contributed by atoms with E-state index in [1.54, 1.807) is 31.4 Å². The molecule has 0 bridgehead atoms. The molecule has 0 unspecified atom stereocenters. The van der Waals surface area contributed by atoms with Gasteiger partial charge in [0.1, 0.15) is 5.75 Å². The van der Waals surface area contributed by atoms with Gasteiger partial charge in [0.25, 0.3) is 5.91 Å². The van der Waals surface area contributed by atoms with Gasteiger partial charge in [-0.15, -0.1) is 0 Å². The Labute approximate surface area is 87.0 Å². The highest BCUT2D eigenvalue weighted by molar-refractivity contribution is 7.82.